The highest BCUT2D eigenvalue weighted by atomic mass is 32.2. The van der Waals surface area contributed by atoms with Gasteiger partial charge < -0.3 is 10.1 Å². The number of thiocarbonyl (C=S) groups is 1. The van der Waals surface area contributed by atoms with E-state index < -0.39 is 0 Å². The number of carbonyl (C=O) groups excluding carboxylic acids is 1. The van der Waals surface area contributed by atoms with Crippen LogP contribution < -0.4 is 10.1 Å². The molecule has 0 saturated carbocycles. The van der Waals surface area contributed by atoms with Crippen molar-refractivity contribution in [3.8, 4) is 5.75 Å². The smallest absolute Gasteiger partial charge is 0.263 e. The molecule has 0 spiro atoms. The number of hydrogen-bond acceptors (Lipinski definition) is 4. The highest BCUT2D eigenvalue weighted by Crippen LogP contribution is 2.26. The standard InChI is InChI=1S/C17H12FNO2S2/c18-13-5-1-12(2-6-13)10-21-14-7-3-11(4-8-14)9-15-16(20)19-17(22)23-15/h1-9H,10H2,(H,19,20,22)/b15-9+. The Labute approximate surface area is 142 Å². The number of nitrogens with one attached hydrogen (secondary N) is 1. The minimum atomic E-state index is -0.264. The average molecular weight is 345 g/mol. The molecule has 0 radical (unpaired) electrons. The second kappa shape index (κ2) is 6.93. The Morgan fingerprint density at radius 1 is 1.13 bits per heavy atom. The molecule has 0 bridgehead atoms. The van der Waals surface area contributed by atoms with E-state index in [9.17, 15) is 9.18 Å². The molecule has 6 heteroatoms. The van der Waals surface area contributed by atoms with Crippen LogP contribution in [0, 0.1) is 5.82 Å². The lowest BCUT2D eigenvalue weighted by Gasteiger charge is -2.06. The van der Waals surface area contributed by atoms with Crippen LogP contribution in [0.3, 0.4) is 0 Å². The Kier molecular flexibility index (Phi) is 4.73. The maximum atomic E-state index is 12.8. The monoisotopic (exact) mass is 345 g/mol. The van der Waals surface area contributed by atoms with Gasteiger partial charge >= 0.3 is 0 Å². The lowest BCUT2D eigenvalue weighted by Crippen LogP contribution is -2.17. The molecule has 0 aromatic heterocycles. The molecule has 1 N–H and O–H groups in total. The van der Waals surface area contributed by atoms with Gasteiger partial charge in [0.2, 0.25) is 0 Å². The summed E-state index contributed by atoms with van der Waals surface area (Å²) >= 11 is 6.20. The summed E-state index contributed by atoms with van der Waals surface area (Å²) in [6.07, 6.45) is 1.78. The van der Waals surface area contributed by atoms with Crippen LogP contribution in [0.4, 0.5) is 4.39 Å². The number of rotatable bonds is 4. The molecule has 0 atom stereocenters. The molecule has 2 aromatic carbocycles. The zero-order valence-corrected chi connectivity index (χ0v) is 13.5. The van der Waals surface area contributed by atoms with Crippen LogP contribution in [0.25, 0.3) is 6.08 Å². The first-order chi connectivity index (χ1) is 11.1. The van der Waals surface area contributed by atoms with Gasteiger partial charge in [0.05, 0.1) is 4.91 Å². The number of thioether (sulfide) groups is 1. The lowest BCUT2D eigenvalue weighted by atomic mass is 10.2. The Bertz CT molecular complexity index is 770. The first kappa shape index (κ1) is 15.7. The number of halogens is 1. The quantitative estimate of drug-likeness (QED) is 0.674. The summed E-state index contributed by atoms with van der Waals surface area (Å²) in [5.41, 5.74) is 1.78. The van der Waals surface area contributed by atoms with Gasteiger partial charge in [-0.2, -0.15) is 0 Å². The zero-order valence-electron chi connectivity index (χ0n) is 11.9. The van der Waals surface area contributed by atoms with E-state index in [0.29, 0.717) is 21.6 Å². The van der Waals surface area contributed by atoms with E-state index >= 15 is 0 Å². The van der Waals surface area contributed by atoms with Crippen LogP contribution in [-0.2, 0) is 11.4 Å². The van der Waals surface area contributed by atoms with E-state index in [1.165, 1.54) is 23.9 Å². The maximum absolute atomic E-state index is 12.8. The van der Waals surface area contributed by atoms with Crippen molar-refractivity contribution in [2.45, 2.75) is 6.61 Å². The minimum absolute atomic E-state index is 0.170. The summed E-state index contributed by atoms with van der Waals surface area (Å²) in [4.78, 5) is 12.2. The van der Waals surface area contributed by atoms with Gasteiger partial charge in [-0.25, -0.2) is 4.39 Å². The SMILES string of the molecule is O=C1NC(=S)S/C1=C/c1ccc(OCc2ccc(F)cc2)cc1. The average Bonchev–Trinajstić information content (AvgIpc) is 2.86. The Morgan fingerprint density at radius 3 is 2.43 bits per heavy atom. The minimum Gasteiger partial charge on any atom is -0.489 e. The van der Waals surface area contributed by atoms with Crippen LogP contribution in [0.1, 0.15) is 11.1 Å². The molecule has 3 rings (SSSR count). The third-order valence-corrected chi connectivity index (χ3v) is 4.30. The van der Waals surface area contributed by atoms with Crippen molar-refractivity contribution >= 4 is 40.3 Å². The van der Waals surface area contributed by atoms with Crippen molar-refractivity contribution in [3.63, 3.8) is 0 Å². The molecule has 3 nitrogen and oxygen atoms in total. The molecule has 1 heterocycles. The van der Waals surface area contributed by atoms with E-state index in [2.05, 4.69) is 5.32 Å². The molecule has 1 saturated heterocycles. The van der Waals surface area contributed by atoms with Crippen molar-refractivity contribution in [2.24, 2.45) is 0 Å². The fourth-order valence-corrected chi connectivity index (χ4v) is 3.02. The zero-order chi connectivity index (χ0) is 16.2. The van der Waals surface area contributed by atoms with E-state index in [1.54, 1.807) is 18.2 Å². The van der Waals surface area contributed by atoms with E-state index in [4.69, 9.17) is 17.0 Å². The molecule has 23 heavy (non-hydrogen) atoms. The van der Waals surface area contributed by atoms with Gasteiger partial charge in [-0.1, -0.05) is 48.2 Å². The molecule has 2 aromatic rings. The van der Waals surface area contributed by atoms with Crippen LogP contribution in [0.5, 0.6) is 5.75 Å². The predicted octanol–water partition coefficient (Wildman–Crippen LogP) is 3.89. The molecule has 1 aliphatic rings. The molecular weight excluding hydrogens is 333 g/mol. The summed E-state index contributed by atoms with van der Waals surface area (Å²) in [5, 5.41) is 2.58. The number of benzene rings is 2. The van der Waals surface area contributed by atoms with Gasteiger partial charge in [0, 0.05) is 0 Å². The molecule has 1 amide bonds. The van der Waals surface area contributed by atoms with Gasteiger partial charge in [0.15, 0.2) is 0 Å². The summed E-state index contributed by atoms with van der Waals surface area (Å²) in [7, 11) is 0. The fourth-order valence-electron chi connectivity index (χ4n) is 1.98. The highest BCUT2D eigenvalue weighted by molar-refractivity contribution is 8.26. The molecule has 0 aliphatic carbocycles. The van der Waals surface area contributed by atoms with Gasteiger partial charge in [-0.15, -0.1) is 0 Å². The molecule has 0 unspecified atom stereocenters. The van der Waals surface area contributed by atoms with Gasteiger partial charge in [-0.3, -0.25) is 4.79 Å². The van der Waals surface area contributed by atoms with Gasteiger partial charge in [0.1, 0.15) is 22.5 Å². The molecular formula is C17H12FNO2S2. The summed E-state index contributed by atoms with van der Waals surface area (Å²) in [6, 6.07) is 13.6. The van der Waals surface area contributed by atoms with E-state index in [0.717, 1.165) is 11.1 Å². The Hall–Kier alpha value is -2.18. The normalized spacial score (nSPS) is 15.8. The number of ether oxygens (including phenoxy) is 1. The predicted molar refractivity (Wildman–Crippen MR) is 93.5 cm³/mol. The van der Waals surface area contributed by atoms with Crippen molar-refractivity contribution in [1.29, 1.82) is 0 Å². The molecule has 116 valence electrons. The van der Waals surface area contributed by atoms with E-state index in [1.807, 2.05) is 24.3 Å². The second-order valence-corrected chi connectivity index (χ2v) is 6.56. The van der Waals surface area contributed by atoms with Crippen molar-refractivity contribution < 1.29 is 13.9 Å². The second-order valence-electron chi connectivity index (χ2n) is 4.84. The summed E-state index contributed by atoms with van der Waals surface area (Å²) in [6.45, 7) is 0.368. The molecule has 1 fully saturated rings. The van der Waals surface area contributed by atoms with E-state index in [-0.39, 0.29) is 11.7 Å². The number of amides is 1. The third kappa shape index (κ3) is 4.18. The lowest BCUT2D eigenvalue weighted by molar-refractivity contribution is -0.115. The Balaban J connectivity index is 1.63. The van der Waals surface area contributed by atoms with Crippen molar-refractivity contribution in [1.82, 2.24) is 5.32 Å². The highest BCUT2D eigenvalue weighted by Gasteiger charge is 2.21. The fraction of sp³-hybridized carbons (Fsp3) is 0.0588. The van der Waals surface area contributed by atoms with Crippen LogP contribution in [0.15, 0.2) is 53.4 Å². The first-order valence-electron chi connectivity index (χ1n) is 6.82. The van der Waals surface area contributed by atoms with Crippen LogP contribution in [0.2, 0.25) is 0 Å². The van der Waals surface area contributed by atoms with Gasteiger partial charge in [-0.05, 0) is 41.5 Å². The van der Waals surface area contributed by atoms with Gasteiger partial charge in [0.25, 0.3) is 5.91 Å². The topological polar surface area (TPSA) is 38.3 Å². The summed E-state index contributed by atoms with van der Waals surface area (Å²) < 4.78 is 18.9. The van der Waals surface area contributed by atoms with Crippen molar-refractivity contribution in [3.05, 3.63) is 70.4 Å². The first-order valence-corrected chi connectivity index (χ1v) is 8.05. The summed E-state index contributed by atoms with van der Waals surface area (Å²) in [5.74, 6) is 0.270. The third-order valence-electron chi connectivity index (χ3n) is 3.14. The number of hydrogen-bond donors (Lipinski definition) is 1. The van der Waals surface area contributed by atoms with Crippen molar-refractivity contribution in [2.75, 3.05) is 0 Å². The Morgan fingerprint density at radius 2 is 1.83 bits per heavy atom. The largest absolute Gasteiger partial charge is 0.489 e. The number of carbonyl (C=O) groups is 1. The van der Waals surface area contributed by atoms with Crippen LogP contribution >= 0.6 is 24.0 Å². The maximum Gasteiger partial charge on any atom is 0.263 e. The van der Waals surface area contributed by atoms with Crippen LogP contribution in [-0.4, -0.2) is 10.2 Å². The molecule has 1 aliphatic heterocycles.